The van der Waals surface area contributed by atoms with E-state index in [0.29, 0.717) is 30.9 Å². The van der Waals surface area contributed by atoms with Gasteiger partial charge in [-0.25, -0.2) is 0 Å². The number of rotatable bonds is 6. The number of hydrogen-bond acceptors (Lipinski definition) is 4. The third kappa shape index (κ3) is 5.13. The van der Waals surface area contributed by atoms with Gasteiger partial charge in [0.15, 0.2) is 0 Å². The van der Waals surface area contributed by atoms with Gasteiger partial charge in [-0.1, -0.05) is 17.7 Å². The molecule has 10 heteroatoms. The van der Waals surface area contributed by atoms with Gasteiger partial charge in [-0.2, -0.15) is 18.3 Å². The van der Waals surface area contributed by atoms with Crippen molar-refractivity contribution in [3.05, 3.63) is 64.6 Å². The Morgan fingerprint density at radius 3 is 2.61 bits per heavy atom. The zero-order valence-corrected chi connectivity index (χ0v) is 18.4. The summed E-state index contributed by atoms with van der Waals surface area (Å²) in [4.78, 5) is 15.8. The van der Waals surface area contributed by atoms with E-state index in [1.165, 1.54) is 0 Å². The Hall–Kier alpha value is -3.07. The molecule has 4 rings (SSSR count). The number of nitrogens with two attached hydrogens (primary N) is 1. The largest absolute Gasteiger partial charge is 0.416 e. The van der Waals surface area contributed by atoms with Crippen LogP contribution < -0.4 is 11.1 Å². The molecule has 1 fully saturated rings. The molecule has 6 nitrogen and oxygen atoms in total. The molecule has 174 valence electrons. The van der Waals surface area contributed by atoms with Crippen molar-refractivity contribution in [2.75, 3.05) is 11.9 Å². The summed E-state index contributed by atoms with van der Waals surface area (Å²) >= 11 is 6.30. The van der Waals surface area contributed by atoms with Crippen LogP contribution >= 0.6 is 11.6 Å². The average molecular weight is 478 g/mol. The molecule has 1 saturated carbocycles. The lowest BCUT2D eigenvalue weighted by Crippen LogP contribution is -2.22. The molecule has 1 amide bonds. The number of pyridine rings is 1. The van der Waals surface area contributed by atoms with E-state index < -0.39 is 17.6 Å². The normalized spacial score (nSPS) is 18.8. The Bertz CT molecular complexity index is 1120. The predicted octanol–water partition coefficient (Wildman–Crippen LogP) is 5.63. The zero-order chi connectivity index (χ0) is 23.6. The predicted molar refractivity (Wildman–Crippen MR) is 120 cm³/mol. The van der Waals surface area contributed by atoms with Crippen LogP contribution in [0, 0.1) is 5.92 Å². The topological polar surface area (TPSA) is 96.7 Å². The smallest absolute Gasteiger partial charge is 0.370 e. The molecule has 2 aromatic heterocycles. The SMILES string of the molecule is NC(=O)c1cc(C(F)(F)F)cc(C2CCC(CNc3[nH]ncc3-c3cccnc3)CC2)c1Cl. The number of halogens is 4. The highest BCUT2D eigenvalue weighted by Crippen LogP contribution is 2.42. The van der Waals surface area contributed by atoms with E-state index in [1.54, 1.807) is 18.6 Å². The molecule has 0 spiro atoms. The van der Waals surface area contributed by atoms with E-state index in [9.17, 15) is 18.0 Å². The van der Waals surface area contributed by atoms with E-state index >= 15 is 0 Å². The first-order chi connectivity index (χ1) is 15.7. The summed E-state index contributed by atoms with van der Waals surface area (Å²) in [5.74, 6) is 0.0186. The van der Waals surface area contributed by atoms with Gasteiger partial charge >= 0.3 is 6.18 Å². The van der Waals surface area contributed by atoms with Crippen molar-refractivity contribution < 1.29 is 18.0 Å². The van der Waals surface area contributed by atoms with E-state index in [1.807, 2.05) is 12.1 Å². The van der Waals surface area contributed by atoms with Gasteiger partial charge in [-0.3, -0.25) is 14.9 Å². The molecule has 1 aliphatic rings. The highest BCUT2D eigenvalue weighted by Gasteiger charge is 2.34. The van der Waals surface area contributed by atoms with E-state index in [4.69, 9.17) is 17.3 Å². The first-order valence-corrected chi connectivity index (χ1v) is 11.0. The molecule has 1 aliphatic carbocycles. The number of amides is 1. The fraction of sp³-hybridized carbons (Fsp3) is 0.348. The molecule has 4 N–H and O–H groups in total. The van der Waals surface area contributed by atoms with Crippen molar-refractivity contribution in [1.29, 1.82) is 0 Å². The van der Waals surface area contributed by atoms with Crippen LogP contribution in [-0.4, -0.2) is 27.6 Å². The van der Waals surface area contributed by atoms with Crippen molar-refractivity contribution in [2.24, 2.45) is 11.7 Å². The molecular formula is C23H23ClF3N5O. The van der Waals surface area contributed by atoms with Gasteiger partial charge < -0.3 is 11.1 Å². The van der Waals surface area contributed by atoms with Gasteiger partial charge in [0.05, 0.1) is 22.3 Å². The number of primary amides is 1. The monoisotopic (exact) mass is 477 g/mol. The molecule has 0 saturated heterocycles. The number of hydrogen-bond donors (Lipinski definition) is 3. The maximum absolute atomic E-state index is 13.3. The second-order valence-corrected chi connectivity index (χ2v) is 8.67. The van der Waals surface area contributed by atoms with Gasteiger partial charge in [0.2, 0.25) is 5.91 Å². The summed E-state index contributed by atoms with van der Waals surface area (Å²) in [7, 11) is 0. The Kier molecular flexibility index (Phi) is 6.60. The molecular weight excluding hydrogens is 455 g/mol. The van der Waals surface area contributed by atoms with Gasteiger partial charge in [0.25, 0.3) is 0 Å². The number of anilines is 1. The fourth-order valence-corrected chi connectivity index (χ4v) is 4.73. The Morgan fingerprint density at radius 2 is 1.97 bits per heavy atom. The van der Waals surface area contributed by atoms with Gasteiger partial charge in [-0.05, 0) is 61.3 Å². The summed E-state index contributed by atoms with van der Waals surface area (Å²) in [5.41, 5.74) is 6.31. The number of nitrogens with one attached hydrogen (secondary N) is 2. The van der Waals surface area contributed by atoms with Crippen LogP contribution in [0.1, 0.15) is 53.1 Å². The van der Waals surface area contributed by atoms with Crippen LogP contribution in [0.3, 0.4) is 0 Å². The Morgan fingerprint density at radius 1 is 1.21 bits per heavy atom. The minimum atomic E-state index is -4.58. The van der Waals surface area contributed by atoms with E-state index in [0.717, 1.165) is 41.9 Å². The molecule has 0 aliphatic heterocycles. The lowest BCUT2D eigenvalue weighted by molar-refractivity contribution is -0.137. The first kappa shape index (κ1) is 23.1. The van der Waals surface area contributed by atoms with Crippen molar-refractivity contribution in [3.63, 3.8) is 0 Å². The second kappa shape index (κ2) is 9.43. The van der Waals surface area contributed by atoms with Crippen molar-refractivity contribution in [3.8, 4) is 11.1 Å². The molecule has 33 heavy (non-hydrogen) atoms. The minimum Gasteiger partial charge on any atom is -0.370 e. The molecule has 0 radical (unpaired) electrons. The second-order valence-electron chi connectivity index (χ2n) is 8.29. The number of alkyl halides is 3. The number of aromatic amines is 1. The van der Waals surface area contributed by atoms with Crippen molar-refractivity contribution in [2.45, 2.75) is 37.8 Å². The van der Waals surface area contributed by atoms with Gasteiger partial charge in [0, 0.05) is 30.1 Å². The number of nitrogens with zero attached hydrogens (tertiary/aromatic N) is 2. The van der Waals surface area contributed by atoms with Crippen molar-refractivity contribution >= 4 is 23.3 Å². The lowest BCUT2D eigenvalue weighted by Gasteiger charge is -2.30. The maximum Gasteiger partial charge on any atom is 0.416 e. The Labute approximate surface area is 193 Å². The standard InChI is InChI=1S/C23H23ClF3N5O/c24-20-17(8-16(23(25,26)27)9-18(20)21(28)33)14-5-3-13(4-6-14)10-30-22-19(12-31-32-22)15-2-1-7-29-11-15/h1-2,7-9,11-14H,3-6,10H2,(H2,28,33)(H2,30,31,32). The summed E-state index contributed by atoms with van der Waals surface area (Å²) in [6, 6.07) is 5.60. The van der Waals surface area contributed by atoms with Gasteiger partial charge in [0.1, 0.15) is 5.82 Å². The third-order valence-corrected chi connectivity index (χ3v) is 6.58. The number of H-pyrrole nitrogens is 1. The minimum absolute atomic E-state index is 0.0237. The molecule has 0 bridgehead atoms. The van der Waals surface area contributed by atoms with Crippen molar-refractivity contribution in [1.82, 2.24) is 15.2 Å². The Balaban J connectivity index is 1.43. The molecule has 2 heterocycles. The van der Waals surface area contributed by atoms with Crippen LogP contribution in [0.25, 0.3) is 11.1 Å². The van der Waals surface area contributed by atoms with Crippen LogP contribution in [0.5, 0.6) is 0 Å². The number of benzene rings is 1. The third-order valence-electron chi connectivity index (χ3n) is 6.16. The first-order valence-electron chi connectivity index (χ1n) is 10.6. The average Bonchev–Trinajstić information content (AvgIpc) is 3.26. The van der Waals surface area contributed by atoms with Gasteiger partial charge in [-0.15, -0.1) is 0 Å². The summed E-state index contributed by atoms with van der Waals surface area (Å²) in [5, 5.41) is 10.5. The fourth-order valence-electron chi connectivity index (χ4n) is 4.37. The highest BCUT2D eigenvalue weighted by atomic mass is 35.5. The van der Waals surface area contributed by atoms with E-state index in [-0.39, 0.29) is 16.5 Å². The summed E-state index contributed by atoms with van der Waals surface area (Å²) in [6.07, 6.45) is 3.59. The number of carbonyl (C=O) groups excluding carboxylic acids is 1. The molecule has 0 unspecified atom stereocenters. The molecule has 3 aromatic rings. The van der Waals surface area contributed by atoms with Crippen LogP contribution in [-0.2, 0) is 6.18 Å². The summed E-state index contributed by atoms with van der Waals surface area (Å²) in [6.45, 7) is 0.699. The summed E-state index contributed by atoms with van der Waals surface area (Å²) < 4.78 is 40.0. The van der Waals surface area contributed by atoms with E-state index in [2.05, 4.69) is 20.5 Å². The molecule has 1 aromatic carbocycles. The number of carbonyl (C=O) groups is 1. The molecule has 0 atom stereocenters. The van der Waals surface area contributed by atoms with Crippen LogP contribution in [0.4, 0.5) is 19.0 Å². The quantitative estimate of drug-likeness (QED) is 0.428. The lowest BCUT2D eigenvalue weighted by atomic mass is 9.78. The zero-order valence-electron chi connectivity index (χ0n) is 17.6. The van der Waals surface area contributed by atoms with Crippen LogP contribution in [0.15, 0.2) is 42.9 Å². The maximum atomic E-state index is 13.3. The number of aromatic nitrogens is 3. The highest BCUT2D eigenvalue weighted by molar-refractivity contribution is 6.34. The van der Waals surface area contributed by atoms with Crippen LogP contribution in [0.2, 0.25) is 5.02 Å².